The van der Waals surface area contributed by atoms with E-state index in [-0.39, 0.29) is 5.56 Å². The molecule has 0 spiro atoms. The van der Waals surface area contributed by atoms with Gasteiger partial charge >= 0.3 is 0 Å². The average molecular weight is 469 g/mol. The molecule has 0 amide bonds. The highest BCUT2D eigenvalue weighted by Crippen LogP contribution is 2.33. The van der Waals surface area contributed by atoms with Crippen LogP contribution < -0.4 is 5.56 Å². The maximum absolute atomic E-state index is 13.0. The topological polar surface area (TPSA) is 90.6 Å². The first-order chi connectivity index (χ1) is 16.7. The molecule has 168 valence electrons. The first-order valence-electron chi connectivity index (χ1n) is 11.1. The van der Waals surface area contributed by atoms with Crippen molar-refractivity contribution in [3.8, 4) is 22.6 Å². The SMILES string of the molecule is O=c1[nH]c(-c2cncnc2)nc2c1CN(Cc1c(-c3ccc(Cl)cc3)[nH]c3ccccc13)CC2. The van der Waals surface area contributed by atoms with Crippen molar-refractivity contribution in [1.29, 1.82) is 0 Å². The number of H-pyrrole nitrogens is 2. The van der Waals surface area contributed by atoms with Crippen LogP contribution in [0.4, 0.5) is 0 Å². The molecule has 0 saturated heterocycles. The molecule has 8 heteroatoms. The van der Waals surface area contributed by atoms with Crippen LogP contribution in [-0.4, -0.2) is 36.4 Å². The van der Waals surface area contributed by atoms with Gasteiger partial charge in [-0.3, -0.25) is 9.69 Å². The zero-order valence-corrected chi connectivity index (χ0v) is 19.0. The third kappa shape index (κ3) is 3.79. The Labute approximate surface area is 200 Å². The van der Waals surface area contributed by atoms with Gasteiger partial charge in [0.15, 0.2) is 0 Å². The zero-order chi connectivity index (χ0) is 23.1. The summed E-state index contributed by atoms with van der Waals surface area (Å²) in [6.45, 7) is 2.08. The Morgan fingerprint density at radius 3 is 2.59 bits per heavy atom. The lowest BCUT2D eigenvalue weighted by atomic mass is 10.0. The molecule has 0 bridgehead atoms. The third-order valence-electron chi connectivity index (χ3n) is 6.31. The number of hydrogen-bond donors (Lipinski definition) is 2. The van der Waals surface area contributed by atoms with E-state index >= 15 is 0 Å². The first-order valence-corrected chi connectivity index (χ1v) is 11.5. The van der Waals surface area contributed by atoms with Gasteiger partial charge in [-0.15, -0.1) is 0 Å². The highest BCUT2D eigenvalue weighted by Gasteiger charge is 2.24. The van der Waals surface area contributed by atoms with Gasteiger partial charge in [-0.05, 0) is 29.3 Å². The molecule has 0 unspecified atom stereocenters. The van der Waals surface area contributed by atoms with Crippen molar-refractivity contribution in [3.05, 3.63) is 99.4 Å². The standard InChI is InChI=1S/C26H21ClN6O/c27-18-7-5-16(6-8-18)24-20(19-3-1-2-4-22(19)30-24)13-33-10-9-23-21(14-33)26(34)32-25(31-23)17-11-28-15-29-12-17/h1-8,11-12,15,30H,9-10,13-14H2,(H,31,32,34). The summed E-state index contributed by atoms with van der Waals surface area (Å²) in [5.74, 6) is 0.513. The fourth-order valence-corrected chi connectivity index (χ4v) is 4.75. The predicted molar refractivity (Wildman–Crippen MR) is 132 cm³/mol. The number of para-hydroxylation sites is 1. The minimum atomic E-state index is -0.106. The van der Waals surface area contributed by atoms with Crippen molar-refractivity contribution in [3.63, 3.8) is 0 Å². The Kier molecular flexibility index (Phi) is 5.20. The van der Waals surface area contributed by atoms with Crippen LogP contribution in [0.1, 0.15) is 16.8 Å². The van der Waals surface area contributed by atoms with Gasteiger partial charge in [-0.25, -0.2) is 15.0 Å². The molecule has 4 heterocycles. The summed E-state index contributed by atoms with van der Waals surface area (Å²) < 4.78 is 0. The summed E-state index contributed by atoms with van der Waals surface area (Å²) in [5, 5.41) is 1.90. The monoisotopic (exact) mass is 468 g/mol. The molecule has 3 aromatic heterocycles. The van der Waals surface area contributed by atoms with E-state index in [9.17, 15) is 4.79 Å². The molecule has 0 atom stereocenters. The van der Waals surface area contributed by atoms with Crippen LogP contribution in [0.25, 0.3) is 33.5 Å². The van der Waals surface area contributed by atoms with Crippen molar-refractivity contribution >= 4 is 22.5 Å². The molecule has 2 N–H and O–H groups in total. The average Bonchev–Trinajstić information content (AvgIpc) is 3.23. The second-order valence-electron chi connectivity index (χ2n) is 8.46. The zero-order valence-electron chi connectivity index (χ0n) is 18.3. The van der Waals surface area contributed by atoms with E-state index in [2.05, 4.69) is 43.0 Å². The smallest absolute Gasteiger partial charge is 0.255 e. The summed E-state index contributed by atoms with van der Waals surface area (Å²) in [6.07, 6.45) is 5.48. The van der Waals surface area contributed by atoms with Gasteiger partial charge in [0, 0.05) is 54.4 Å². The molecule has 34 heavy (non-hydrogen) atoms. The number of aromatic amines is 2. The van der Waals surface area contributed by atoms with E-state index in [0.717, 1.165) is 41.1 Å². The van der Waals surface area contributed by atoms with E-state index in [1.54, 1.807) is 12.4 Å². The second kappa shape index (κ2) is 8.52. The lowest BCUT2D eigenvalue weighted by Gasteiger charge is -2.28. The molecular formula is C26H21ClN6O. The summed E-state index contributed by atoms with van der Waals surface area (Å²) in [7, 11) is 0. The highest BCUT2D eigenvalue weighted by atomic mass is 35.5. The molecule has 0 fully saturated rings. The molecule has 7 nitrogen and oxygen atoms in total. The number of hydrogen-bond acceptors (Lipinski definition) is 5. The quantitative estimate of drug-likeness (QED) is 0.402. The third-order valence-corrected chi connectivity index (χ3v) is 6.56. The van der Waals surface area contributed by atoms with E-state index < -0.39 is 0 Å². The molecule has 1 aliphatic heterocycles. The van der Waals surface area contributed by atoms with Crippen LogP contribution in [0.2, 0.25) is 5.02 Å². The largest absolute Gasteiger partial charge is 0.354 e. The van der Waals surface area contributed by atoms with Crippen LogP contribution in [-0.2, 0) is 19.5 Å². The molecular weight excluding hydrogens is 448 g/mol. The van der Waals surface area contributed by atoms with E-state index in [0.29, 0.717) is 29.4 Å². The van der Waals surface area contributed by atoms with E-state index in [1.165, 1.54) is 17.3 Å². The van der Waals surface area contributed by atoms with Gasteiger partial charge in [-0.2, -0.15) is 0 Å². The Balaban J connectivity index is 1.34. The highest BCUT2D eigenvalue weighted by molar-refractivity contribution is 6.30. The van der Waals surface area contributed by atoms with Gasteiger partial charge in [0.05, 0.1) is 22.5 Å². The van der Waals surface area contributed by atoms with E-state index in [4.69, 9.17) is 16.6 Å². The lowest BCUT2D eigenvalue weighted by Crippen LogP contribution is -2.35. The minimum Gasteiger partial charge on any atom is -0.354 e. The molecule has 2 aromatic carbocycles. The molecule has 5 aromatic rings. The summed E-state index contributed by atoms with van der Waals surface area (Å²) in [5.41, 5.74) is 6.63. The number of nitrogens with zero attached hydrogens (tertiary/aromatic N) is 4. The predicted octanol–water partition coefficient (Wildman–Crippen LogP) is 4.59. The summed E-state index contributed by atoms with van der Waals surface area (Å²) in [6, 6.07) is 16.2. The van der Waals surface area contributed by atoms with E-state index in [1.807, 2.05) is 30.3 Å². The maximum Gasteiger partial charge on any atom is 0.255 e. The number of rotatable bonds is 4. The fourth-order valence-electron chi connectivity index (χ4n) is 4.62. The minimum absolute atomic E-state index is 0.106. The molecule has 1 aliphatic rings. The van der Waals surface area contributed by atoms with Crippen LogP contribution in [0.5, 0.6) is 0 Å². The molecule has 0 radical (unpaired) electrons. The number of halogens is 1. The Bertz CT molecular complexity index is 1540. The van der Waals surface area contributed by atoms with Crippen molar-refractivity contribution in [1.82, 2.24) is 29.8 Å². The van der Waals surface area contributed by atoms with Gasteiger partial charge < -0.3 is 9.97 Å². The Hall–Kier alpha value is -3.81. The fraction of sp³-hybridized carbons (Fsp3) is 0.154. The van der Waals surface area contributed by atoms with Crippen LogP contribution in [0.15, 0.2) is 72.0 Å². The molecule has 0 saturated carbocycles. The summed E-state index contributed by atoms with van der Waals surface area (Å²) >= 11 is 6.12. The summed E-state index contributed by atoms with van der Waals surface area (Å²) in [4.78, 5) is 34.5. The van der Waals surface area contributed by atoms with Crippen molar-refractivity contribution in [2.24, 2.45) is 0 Å². The van der Waals surface area contributed by atoms with Gasteiger partial charge in [0.25, 0.3) is 5.56 Å². The van der Waals surface area contributed by atoms with Gasteiger partial charge in [-0.1, -0.05) is 41.9 Å². The van der Waals surface area contributed by atoms with Gasteiger partial charge in [0.1, 0.15) is 12.2 Å². The van der Waals surface area contributed by atoms with Gasteiger partial charge in [0.2, 0.25) is 0 Å². The lowest BCUT2D eigenvalue weighted by molar-refractivity contribution is 0.243. The molecule has 0 aliphatic carbocycles. The van der Waals surface area contributed by atoms with Crippen molar-refractivity contribution < 1.29 is 0 Å². The maximum atomic E-state index is 13.0. The second-order valence-corrected chi connectivity index (χ2v) is 8.90. The normalized spacial score (nSPS) is 13.8. The Morgan fingerprint density at radius 2 is 1.76 bits per heavy atom. The Morgan fingerprint density at radius 1 is 0.971 bits per heavy atom. The van der Waals surface area contributed by atoms with Crippen LogP contribution in [0, 0.1) is 0 Å². The van der Waals surface area contributed by atoms with Crippen molar-refractivity contribution in [2.75, 3.05) is 6.54 Å². The van der Waals surface area contributed by atoms with Crippen LogP contribution in [0.3, 0.4) is 0 Å². The number of benzene rings is 2. The number of fused-ring (bicyclic) bond motifs is 2. The number of nitrogens with one attached hydrogen (secondary N) is 2. The molecule has 6 rings (SSSR count). The van der Waals surface area contributed by atoms with Crippen molar-refractivity contribution in [2.45, 2.75) is 19.5 Å². The first kappa shape index (κ1) is 20.8. The number of aromatic nitrogens is 5. The van der Waals surface area contributed by atoms with Crippen LogP contribution >= 0.6 is 11.6 Å².